The zero-order valence-corrected chi connectivity index (χ0v) is 52.0. The molecule has 11 nitrogen and oxygen atoms in total. The van der Waals surface area contributed by atoms with Crippen LogP contribution in [0.5, 0.6) is 0 Å². The molecular weight excluding hydrogens is 1010 g/mol. The molecule has 1 saturated heterocycles. The Balaban J connectivity index is 1.96. The van der Waals surface area contributed by atoms with Crippen LogP contribution in [0.1, 0.15) is 296 Å². The average molecular weight is 1140 g/mol. The molecule has 1 fully saturated rings. The third-order valence-corrected chi connectivity index (χ3v) is 15.5. The van der Waals surface area contributed by atoms with Gasteiger partial charge in [0, 0.05) is 12.8 Å². The smallest absolute Gasteiger partial charge is 0.305 e. The van der Waals surface area contributed by atoms with Crippen LogP contribution in [0.4, 0.5) is 0 Å². The summed E-state index contributed by atoms with van der Waals surface area (Å²) in [7, 11) is 0. The highest BCUT2D eigenvalue weighted by molar-refractivity contribution is 5.76. The zero-order chi connectivity index (χ0) is 58.7. The van der Waals surface area contributed by atoms with Gasteiger partial charge in [0.25, 0.3) is 0 Å². The molecule has 1 aliphatic heterocycles. The summed E-state index contributed by atoms with van der Waals surface area (Å²) in [5.41, 5.74) is 0. The molecule has 1 heterocycles. The number of nitrogens with one attached hydrogen (secondary N) is 1. The fraction of sp³-hybridized carbons (Fsp3) is 0.800. The maximum Gasteiger partial charge on any atom is 0.305 e. The summed E-state index contributed by atoms with van der Waals surface area (Å²) < 4.78 is 16.7. The number of allylic oxidation sites excluding steroid dienone is 11. The first-order chi connectivity index (χ1) is 39.7. The normalized spacial score (nSPS) is 18.7. The minimum absolute atomic E-state index is 0.00602. The van der Waals surface area contributed by atoms with E-state index in [1.165, 1.54) is 193 Å². The fourth-order valence-electron chi connectivity index (χ4n) is 10.2. The van der Waals surface area contributed by atoms with Crippen LogP contribution in [0.2, 0.25) is 0 Å². The number of unbranched alkanes of at least 4 members (excludes halogenated alkanes) is 34. The van der Waals surface area contributed by atoms with Crippen LogP contribution in [0, 0.1) is 0 Å². The Kier molecular flexibility index (Phi) is 55.3. The zero-order valence-electron chi connectivity index (χ0n) is 52.0. The SMILES string of the molecule is CC/C=C/CC/C=C/CC/C=C/C(O)C(COC1OC(CO)C(O)C(O)C1O)NC(=O)CCCCCCCCCCCCCCCCC/C=C\C/C=C\CCCCCCCCCCCOC(=O)CCCCCCC/C=C\CCCCC. The van der Waals surface area contributed by atoms with Crippen molar-refractivity contribution in [1.29, 1.82) is 0 Å². The monoisotopic (exact) mass is 1140 g/mol. The number of aliphatic hydroxyl groups is 5. The Hall–Kier alpha value is -2.90. The lowest BCUT2D eigenvalue weighted by atomic mass is 9.99. The van der Waals surface area contributed by atoms with E-state index in [4.69, 9.17) is 14.2 Å². The van der Waals surface area contributed by atoms with Gasteiger partial charge in [0.2, 0.25) is 5.91 Å². The van der Waals surface area contributed by atoms with Crippen molar-refractivity contribution in [3.63, 3.8) is 0 Å². The largest absolute Gasteiger partial charge is 0.466 e. The van der Waals surface area contributed by atoms with Crippen molar-refractivity contribution in [2.24, 2.45) is 0 Å². The number of rotatable bonds is 58. The Morgan fingerprint density at radius 2 is 0.877 bits per heavy atom. The topological polar surface area (TPSA) is 175 Å². The lowest BCUT2D eigenvalue weighted by Gasteiger charge is -2.40. The van der Waals surface area contributed by atoms with Crippen molar-refractivity contribution in [2.45, 2.75) is 339 Å². The highest BCUT2D eigenvalue weighted by Crippen LogP contribution is 2.23. The van der Waals surface area contributed by atoms with Crippen molar-refractivity contribution in [3.05, 3.63) is 72.9 Å². The van der Waals surface area contributed by atoms with Gasteiger partial charge in [0.1, 0.15) is 24.4 Å². The molecule has 0 spiro atoms. The number of carbonyl (C=O) groups is 2. The Morgan fingerprint density at radius 3 is 1.36 bits per heavy atom. The van der Waals surface area contributed by atoms with Crippen molar-refractivity contribution in [2.75, 3.05) is 19.8 Å². The lowest BCUT2D eigenvalue weighted by Crippen LogP contribution is -2.60. The Labute approximate surface area is 496 Å². The molecule has 1 rings (SSSR count). The molecule has 0 radical (unpaired) electrons. The van der Waals surface area contributed by atoms with Gasteiger partial charge in [0.15, 0.2) is 6.29 Å². The standard InChI is InChI=1S/C70H125NO10/c1-3-5-7-9-11-13-15-38-42-46-50-54-58-66(75)79-59-55-51-47-43-39-36-34-32-30-28-26-24-22-20-18-16-17-19-21-23-25-27-29-31-33-35-37-41-45-49-53-57-65(74)71-62(61-80-70-69(78)68(77)67(76)64(60-72)81-70)63(73)56-52-48-44-40-14-12-10-8-6-4-2/h6,8,11,13-14,18,20,24,26,40,52,56,62-64,67-70,72-73,76-78H,3-5,7,9-10,12,15-17,19,21-23,25,27-39,41-51,53-55,57-61H2,1-2H3,(H,71,74)/b8-6+,13-11-,20-18-,26-24-,40-14+,56-52+. The minimum Gasteiger partial charge on any atom is -0.466 e. The van der Waals surface area contributed by atoms with E-state index >= 15 is 0 Å². The summed E-state index contributed by atoms with van der Waals surface area (Å²) in [5, 5.41) is 54.3. The third kappa shape index (κ3) is 48.1. The third-order valence-electron chi connectivity index (χ3n) is 15.5. The maximum absolute atomic E-state index is 13.0. The van der Waals surface area contributed by atoms with Crippen LogP contribution in [0.15, 0.2) is 72.9 Å². The molecule has 0 aromatic rings. The first-order valence-electron chi connectivity index (χ1n) is 33.7. The number of esters is 1. The van der Waals surface area contributed by atoms with E-state index in [1.54, 1.807) is 6.08 Å². The molecule has 0 aliphatic carbocycles. The Morgan fingerprint density at radius 1 is 0.469 bits per heavy atom. The van der Waals surface area contributed by atoms with Gasteiger partial charge in [-0.15, -0.1) is 0 Å². The van der Waals surface area contributed by atoms with Gasteiger partial charge in [-0.1, -0.05) is 247 Å². The fourth-order valence-corrected chi connectivity index (χ4v) is 10.2. The Bertz CT molecular complexity index is 1580. The van der Waals surface area contributed by atoms with Gasteiger partial charge < -0.3 is 45.1 Å². The number of ether oxygens (including phenoxy) is 3. The maximum atomic E-state index is 13.0. The van der Waals surface area contributed by atoms with Gasteiger partial charge >= 0.3 is 5.97 Å². The molecule has 0 saturated carbocycles. The van der Waals surface area contributed by atoms with Crippen molar-refractivity contribution in [3.8, 4) is 0 Å². The van der Waals surface area contributed by atoms with E-state index in [2.05, 4.69) is 79.9 Å². The predicted molar refractivity (Wildman–Crippen MR) is 338 cm³/mol. The quantitative estimate of drug-likeness (QED) is 0.0195. The highest BCUT2D eigenvalue weighted by atomic mass is 16.7. The predicted octanol–water partition coefficient (Wildman–Crippen LogP) is 16.7. The molecular formula is C70H125NO10. The van der Waals surface area contributed by atoms with E-state index in [-0.39, 0.29) is 18.5 Å². The molecule has 81 heavy (non-hydrogen) atoms. The van der Waals surface area contributed by atoms with Crippen molar-refractivity contribution < 1.29 is 49.3 Å². The second-order valence-corrected chi connectivity index (χ2v) is 23.1. The molecule has 1 aliphatic rings. The summed E-state index contributed by atoms with van der Waals surface area (Å²) in [6.07, 6.45) is 69.1. The van der Waals surface area contributed by atoms with E-state index in [0.717, 1.165) is 77.0 Å². The summed E-state index contributed by atoms with van der Waals surface area (Å²) >= 11 is 0. The van der Waals surface area contributed by atoms with Crippen molar-refractivity contribution >= 4 is 11.9 Å². The molecule has 11 heteroatoms. The number of amides is 1. The number of hydrogen-bond acceptors (Lipinski definition) is 10. The number of aliphatic hydroxyl groups excluding tert-OH is 5. The van der Waals surface area contributed by atoms with E-state index in [9.17, 15) is 35.1 Å². The van der Waals surface area contributed by atoms with Gasteiger partial charge in [-0.3, -0.25) is 9.59 Å². The molecule has 0 aromatic heterocycles. The second-order valence-electron chi connectivity index (χ2n) is 23.1. The lowest BCUT2D eigenvalue weighted by molar-refractivity contribution is -0.302. The van der Waals surface area contributed by atoms with Crippen LogP contribution in [-0.2, 0) is 23.8 Å². The van der Waals surface area contributed by atoms with Crippen LogP contribution in [0.25, 0.3) is 0 Å². The molecule has 1 amide bonds. The summed E-state index contributed by atoms with van der Waals surface area (Å²) in [4.78, 5) is 25.0. The van der Waals surface area contributed by atoms with Crippen LogP contribution in [-0.4, -0.2) is 100 Å². The molecule has 470 valence electrons. The van der Waals surface area contributed by atoms with Crippen LogP contribution >= 0.6 is 0 Å². The van der Waals surface area contributed by atoms with E-state index in [1.807, 2.05) is 6.08 Å². The summed E-state index contributed by atoms with van der Waals surface area (Å²) in [6, 6.07) is -0.834. The number of carbonyl (C=O) groups excluding carboxylic acids is 2. The molecule has 7 atom stereocenters. The van der Waals surface area contributed by atoms with Gasteiger partial charge in [0.05, 0.1) is 32.0 Å². The van der Waals surface area contributed by atoms with Crippen LogP contribution < -0.4 is 5.32 Å². The van der Waals surface area contributed by atoms with E-state index in [0.29, 0.717) is 19.4 Å². The molecule has 0 bridgehead atoms. The minimum atomic E-state index is -1.58. The number of hydrogen-bond donors (Lipinski definition) is 6. The second kappa shape index (κ2) is 58.9. The van der Waals surface area contributed by atoms with Gasteiger partial charge in [-0.2, -0.15) is 0 Å². The summed E-state index contributed by atoms with van der Waals surface area (Å²) in [6.45, 7) is 4.18. The summed E-state index contributed by atoms with van der Waals surface area (Å²) in [5.74, 6) is -0.205. The molecule has 7 unspecified atom stereocenters. The van der Waals surface area contributed by atoms with Crippen molar-refractivity contribution in [1.82, 2.24) is 5.32 Å². The van der Waals surface area contributed by atoms with Gasteiger partial charge in [-0.25, -0.2) is 0 Å². The average Bonchev–Trinajstić information content (AvgIpc) is 3.47. The van der Waals surface area contributed by atoms with Gasteiger partial charge in [-0.05, 0) is 109 Å². The first-order valence-corrected chi connectivity index (χ1v) is 33.7. The van der Waals surface area contributed by atoms with E-state index < -0.39 is 49.5 Å². The van der Waals surface area contributed by atoms with Crippen LogP contribution in [0.3, 0.4) is 0 Å². The highest BCUT2D eigenvalue weighted by Gasteiger charge is 2.44. The molecule has 0 aromatic carbocycles. The first kappa shape index (κ1) is 76.1. The molecule has 6 N–H and O–H groups in total.